The quantitative estimate of drug-likeness (QED) is 0.114. The molecule has 4 rings (SSSR count). The van der Waals surface area contributed by atoms with E-state index in [1.807, 2.05) is 0 Å². The molecule has 3 N–H and O–H groups in total. The third-order valence-corrected chi connectivity index (χ3v) is 8.01. The average molecular weight is 687 g/mol. The van der Waals surface area contributed by atoms with Gasteiger partial charge in [0, 0.05) is 0 Å². The molecule has 1 aliphatic rings. The number of carbonyl (C=O) groups excluding carboxylic acids is 3. The number of H-pyrrole nitrogens is 1. The Morgan fingerprint density at radius 2 is 1.34 bits per heavy atom. The summed E-state index contributed by atoms with van der Waals surface area (Å²) >= 11 is 0. The predicted molar refractivity (Wildman–Crippen MR) is 166 cm³/mol. The molecule has 0 spiro atoms. The lowest BCUT2D eigenvalue weighted by atomic mass is 10.1. The lowest BCUT2D eigenvalue weighted by Crippen LogP contribution is -2.22. The van der Waals surface area contributed by atoms with E-state index in [9.17, 15) is 45.1 Å². The molecule has 1 aliphatic heterocycles. The van der Waals surface area contributed by atoms with E-state index >= 15 is 0 Å². The van der Waals surface area contributed by atoms with Crippen LogP contribution in [0.5, 0.6) is 0 Å². The summed E-state index contributed by atoms with van der Waals surface area (Å²) in [5.41, 5.74) is -1.29. The number of rotatable bonds is 11. The average Bonchev–Trinajstić information content (AvgIpc) is 3.52. The zero-order valence-corrected chi connectivity index (χ0v) is 26.2. The van der Waals surface area contributed by atoms with Crippen LogP contribution in [0, 0.1) is 0 Å². The Morgan fingerprint density at radius 1 is 0.809 bits per heavy atom. The van der Waals surface area contributed by atoms with Crippen molar-refractivity contribution in [2.45, 2.75) is 23.6 Å². The largest absolute Gasteiger partial charge is 0.461 e. The Labute approximate surface area is 267 Å². The summed E-state index contributed by atoms with van der Waals surface area (Å²) in [5, 5.41) is 7.52. The number of hydrazone groups is 1. The maximum absolute atomic E-state index is 13.2. The highest BCUT2D eigenvalue weighted by Gasteiger charge is 2.35. The summed E-state index contributed by atoms with van der Waals surface area (Å²) < 4.78 is 74.9. The van der Waals surface area contributed by atoms with Gasteiger partial charge in [-0.2, -0.15) is 26.9 Å². The summed E-state index contributed by atoms with van der Waals surface area (Å²) in [6.07, 6.45) is 6.64. The fourth-order valence-corrected chi connectivity index (χ4v) is 5.09. The number of aromatic amines is 1. The van der Waals surface area contributed by atoms with Crippen molar-refractivity contribution in [3.05, 3.63) is 100 Å². The first-order valence-electron chi connectivity index (χ1n) is 13.5. The molecule has 0 unspecified atom stereocenters. The van der Waals surface area contributed by atoms with E-state index in [4.69, 9.17) is 9.47 Å². The number of esters is 2. The minimum atomic E-state index is -4.49. The summed E-state index contributed by atoms with van der Waals surface area (Å²) in [6.45, 7) is 3.12. The van der Waals surface area contributed by atoms with Crippen LogP contribution in [0.2, 0.25) is 0 Å². The van der Waals surface area contributed by atoms with Crippen molar-refractivity contribution in [2.75, 3.05) is 18.2 Å². The fraction of sp³-hybridized carbons (Fsp3) is 0.138. The number of amides is 1. The van der Waals surface area contributed by atoms with Crippen LogP contribution in [0.1, 0.15) is 29.9 Å². The van der Waals surface area contributed by atoms with Crippen LogP contribution < -0.4 is 10.6 Å². The number of nitrogens with zero attached hydrogens (tertiary/aromatic N) is 3. The standard InChI is InChI=1S/C29H26N4O12S2/c1-3-44-28(36)24-22(26(34)32(30-24)18-10-14-20(15-11-18)46(38,39)40)8-6-5-7-9-23-25(29(37)45-4-2)31-33(27(23)35)19-12-16-21(17-13-19)47(41,42)43/h5-17,30H,3-4H2,1-2H3,(H,38,39,40)(H,41,42,43)/b7-5-,8-6+,23-9-. The highest BCUT2D eigenvalue weighted by atomic mass is 32.2. The van der Waals surface area contributed by atoms with E-state index in [0.717, 1.165) is 34.0 Å². The topological polar surface area (TPSA) is 232 Å². The molecule has 2 heterocycles. The zero-order chi connectivity index (χ0) is 34.5. The van der Waals surface area contributed by atoms with E-state index in [2.05, 4.69) is 10.2 Å². The van der Waals surface area contributed by atoms with Gasteiger partial charge in [-0.3, -0.25) is 23.8 Å². The molecule has 0 saturated heterocycles. The van der Waals surface area contributed by atoms with Gasteiger partial charge in [-0.05, 0) is 74.5 Å². The number of benzene rings is 2. The molecule has 0 radical (unpaired) electrons. The molecule has 1 aromatic heterocycles. The van der Waals surface area contributed by atoms with E-state index in [0.29, 0.717) is 0 Å². The number of anilines is 1. The second kappa shape index (κ2) is 13.9. The van der Waals surface area contributed by atoms with Crippen LogP contribution in [0.25, 0.3) is 11.8 Å². The van der Waals surface area contributed by atoms with Crippen LogP contribution in [0.15, 0.2) is 98.1 Å². The number of ether oxygens (including phenoxy) is 2. The normalized spacial score (nSPS) is 14.7. The van der Waals surface area contributed by atoms with Crippen molar-refractivity contribution in [2.24, 2.45) is 5.10 Å². The second-order valence-corrected chi connectivity index (χ2v) is 12.2. The van der Waals surface area contributed by atoms with E-state index < -0.39 is 53.4 Å². The second-order valence-electron chi connectivity index (χ2n) is 9.31. The van der Waals surface area contributed by atoms with Crippen molar-refractivity contribution in [3.63, 3.8) is 0 Å². The van der Waals surface area contributed by atoms with Gasteiger partial charge in [0.15, 0.2) is 11.4 Å². The SMILES string of the molecule is CCOC(=O)C1=NN(c2ccc(S(=O)(=O)O)cc2)C(=O)\C1=C/C=C\C=C\c1c(C(=O)OCC)[nH]n(-c2ccc(S(=O)(=O)O)cc2)c1=O. The predicted octanol–water partition coefficient (Wildman–Crippen LogP) is 2.30. The Kier molecular flexibility index (Phi) is 10.2. The van der Waals surface area contributed by atoms with Gasteiger partial charge in [0.25, 0.3) is 31.7 Å². The third kappa shape index (κ3) is 7.69. The molecule has 16 nitrogen and oxygen atoms in total. The van der Waals surface area contributed by atoms with Gasteiger partial charge in [-0.25, -0.2) is 14.3 Å². The van der Waals surface area contributed by atoms with Gasteiger partial charge in [0.2, 0.25) is 0 Å². The Bertz CT molecular complexity index is 2120. The summed E-state index contributed by atoms with van der Waals surface area (Å²) in [5.74, 6) is -2.50. The van der Waals surface area contributed by atoms with Crippen molar-refractivity contribution in [1.82, 2.24) is 9.78 Å². The maximum Gasteiger partial charge on any atom is 0.359 e. The van der Waals surface area contributed by atoms with Gasteiger partial charge in [-0.15, -0.1) is 0 Å². The minimum Gasteiger partial charge on any atom is -0.461 e. The number of hydrogen-bond acceptors (Lipinski definition) is 11. The van der Waals surface area contributed by atoms with Crippen LogP contribution in [0.4, 0.5) is 5.69 Å². The molecule has 1 amide bonds. The van der Waals surface area contributed by atoms with Gasteiger partial charge in [0.05, 0.1) is 45.5 Å². The molecule has 0 aliphatic carbocycles. The fourth-order valence-electron chi connectivity index (χ4n) is 4.13. The summed E-state index contributed by atoms with van der Waals surface area (Å²) in [7, 11) is -8.96. The molecule has 246 valence electrons. The van der Waals surface area contributed by atoms with Crippen LogP contribution in [-0.4, -0.2) is 72.5 Å². The van der Waals surface area contributed by atoms with E-state index in [1.165, 1.54) is 54.6 Å². The van der Waals surface area contributed by atoms with Crippen molar-refractivity contribution >= 4 is 55.6 Å². The first kappa shape index (κ1) is 34.4. The van der Waals surface area contributed by atoms with Crippen molar-refractivity contribution in [1.29, 1.82) is 0 Å². The van der Waals surface area contributed by atoms with Gasteiger partial charge < -0.3 is 9.47 Å². The van der Waals surface area contributed by atoms with Crippen LogP contribution in [0.3, 0.4) is 0 Å². The highest BCUT2D eigenvalue weighted by Crippen LogP contribution is 2.26. The highest BCUT2D eigenvalue weighted by molar-refractivity contribution is 7.86. The number of aromatic nitrogens is 2. The lowest BCUT2D eigenvalue weighted by Gasteiger charge is -2.11. The van der Waals surface area contributed by atoms with Crippen LogP contribution in [-0.2, 0) is 39.3 Å². The number of nitrogens with one attached hydrogen (secondary N) is 1. The van der Waals surface area contributed by atoms with E-state index in [-0.39, 0.29) is 47.1 Å². The number of carbonyl (C=O) groups is 3. The number of hydrogen-bond donors (Lipinski definition) is 3. The molecule has 18 heteroatoms. The van der Waals surface area contributed by atoms with Gasteiger partial charge in [0.1, 0.15) is 0 Å². The molecular weight excluding hydrogens is 660 g/mol. The summed E-state index contributed by atoms with van der Waals surface area (Å²) in [6, 6.07) is 9.15. The first-order chi connectivity index (χ1) is 22.2. The molecule has 0 saturated carbocycles. The number of allylic oxidation sites excluding steroid dienone is 4. The van der Waals surface area contributed by atoms with Crippen molar-refractivity contribution < 1.29 is 49.8 Å². The molecular formula is C29H26N4O12S2. The lowest BCUT2D eigenvalue weighted by molar-refractivity contribution is -0.135. The van der Waals surface area contributed by atoms with E-state index in [1.54, 1.807) is 13.8 Å². The maximum atomic E-state index is 13.2. The first-order valence-corrected chi connectivity index (χ1v) is 16.4. The van der Waals surface area contributed by atoms with Crippen molar-refractivity contribution in [3.8, 4) is 5.69 Å². The minimum absolute atomic E-state index is 0.00576. The van der Waals surface area contributed by atoms with Gasteiger partial charge in [-0.1, -0.05) is 18.2 Å². The smallest absolute Gasteiger partial charge is 0.359 e. The molecule has 3 aromatic rings. The summed E-state index contributed by atoms with van der Waals surface area (Å²) in [4.78, 5) is 50.8. The van der Waals surface area contributed by atoms with Crippen LogP contribution >= 0.6 is 0 Å². The Balaban J connectivity index is 1.65. The van der Waals surface area contributed by atoms with Gasteiger partial charge >= 0.3 is 11.9 Å². The Hall–Kier alpha value is -5.43. The molecule has 2 aromatic carbocycles. The molecule has 0 atom stereocenters. The molecule has 0 fully saturated rings. The third-order valence-electron chi connectivity index (χ3n) is 6.27. The zero-order valence-electron chi connectivity index (χ0n) is 24.6. The molecule has 0 bridgehead atoms. The Morgan fingerprint density at radius 3 is 1.87 bits per heavy atom. The molecule has 47 heavy (non-hydrogen) atoms. The monoisotopic (exact) mass is 686 g/mol.